The highest BCUT2D eigenvalue weighted by molar-refractivity contribution is 6.30. The van der Waals surface area contributed by atoms with Crippen LogP contribution < -0.4 is 11.0 Å². The van der Waals surface area contributed by atoms with Crippen LogP contribution in [0.25, 0.3) is 28.2 Å². The van der Waals surface area contributed by atoms with Crippen molar-refractivity contribution in [2.45, 2.75) is 25.8 Å². The van der Waals surface area contributed by atoms with Crippen LogP contribution in [0.3, 0.4) is 0 Å². The molecule has 3 aromatic heterocycles. The van der Waals surface area contributed by atoms with E-state index < -0.39 is 0 Å². The number of hydrogen-bond donors (Lipinski definition) is 3. The Labute approximate surface area is 231 Å². The Morgan fingerprint density at radius 1 is 1.13 bits per heavy atom. The zero-order chi connectivity index (χ0) is 27.1. The van der Waals surface area contributed by atoms with Crippen molar-refractivity contribution in [3.63, 3.8) is 0 Å². The van der Waals surface area contributed by atoms with Gasteiger partial charge in [0.2, 0.25) is 5.28 Å². The van der Waals surface area contributed by atoms with E-state index in [2.05, 4.69) is 30.5 Å². The number of aromatic amines is 1. The maximum absolute atomic E-state index is 13.5. The molecule has 4 heterocycles. The molecule has 0 fully saturated rings. The molecule has 0 saturated carbocycles. The van der Waals surface area contributed by atoms with Crippen LogP contribution in [0, 0.1) is 0 Å². The van der Waals surface area contributed by atoms with Gasteiger partial charge >= 0.3 is 0 Å². The molecule has 1 aliphatic heterocycles. The summed E-state index contributed by atoms with van der Waals surface area (Å²) in [7, 11) is 0. The fraction of sp³-hybridized carbons (Fsp3) is 0.154. The summed E-state index contributed by atoms with van der Waals surface area (Å²) < 4.78 is 3.20. The first-order valence-electron chi connectivity index (χ1n) is 12.0. The summed E-state index contributed by atoms with van der Waals surface area (Å²) in [6.07, 6.45) is 1.39. The summed E-state index contributed by atoms with van der Waals surface area (Å²) in [6.45, 7) is 1.65. The summed E-state index contributed by atoms with van der Waals surface area (Å²) in [6, 6.07) is 18.2. The molecular formula is C26H21Cl2N9O2. The monoisotopic (exact) mass is 561 g/mol. The molecule has 0 radical (unpaired) electrons. The Morgan fingerprint density at radius 3 is 2.67 bits per heavy atom. The standard InChI is InChI=1S/C26H21Cl2N9O2/c1-14(33-39)29-17-8-6-15(7-9-17)25-30-23(24(27)31-25)21-11-10-18-12-16(13-22(38)36(18)21)19-4-2-3-5-20(19)37-26(28)32-34-35-37/h2-9,12-13,21,39H,10-11H2,1H3,(H,29,33)(H,30,31)/t21-/m0/s1. The zero-order valence-electron chi connectivity index (χ0n) is 20.5. The normalized spacial score (nSPS) is 15.0. The molecule has 0 unspecified atom stereocenters. The minimum Gasteiger partial charge on any atom is -0.339 e. The van der Waals surface area contributed by atoms with Crippen molar-refractivity contribution in [1.82, 2.24) is 40.2 Å². The second kappa shape index (κ2) is 10.1. The highest BCUT2D eigenvalue weighted by atomic mass is 35.5. The van der Waals surface area contributed by atoms with E-state index in [9.17, 15) is 4.79 Å². The topological polar surface area (TPSA) is 139 Å². The molecule has 11 nitrogen and oxygen atoms in total. The van der Waals surface area contributed by atoms with Gasteiger partial charge in [0.05, 0.1) is 23.1 Å². The molecule has 196 valence electrons. The van der Waals surface area contributed by atoms with Gasteiger partial charge in [-0.05, 0) is 83.8 Å². The molecule has 0 spiro atoms. The fourth-order valence-corrected chi connectivity index (χ4v) is 5.30. The van der Waals surface area contributed by atoms with E-state index in [0.717, 1.165) is 22.4 Å². The minimum atomic E-state index is -0.276. The van der Waals surface area contributed by atoms with Crippen molar-refractivity contribution in [1.29, 1.82) is 0 Å². The van der Waals surface area contributed by atoms with E-state index in [0.29, 0.717) is 46.7 Å². The first kappa shape index (κ1) is 25.0. The number of tetrazole rings is 1. The average Bonchev–Trinajstić information content (AvgIpc) is 3.67. The number of benzene rings is 2. The Balaban J connectivity index is 1.34. The number of halogens is 2. The highest BCUT2D eigenvalue weighted by Crippen LogP contribution is 2.36. The number of nitrogens with one attached hydrogen (secondary N) is 2. The van der Waals surface area contributed by atoms with Gasteiger partial charge < -0.3 is 9.55 Å². The predicted octanol–water partition coefficient (Wildman–Crippen LogP) is 4.75. The van der Waals surface area contributed by atoms with E-state index in [4.69, 9.17) is 28.4 Å². The summed E-state index contributed by atoms with van der Waals surface area (Å²) in [5.41, 5.74) is 7.14. The highest BCUT2D eigenvalue weighted by Gasteiger charge is 2.29. The summed E-state index contributed by atoms with van der Waals surface area (Å²) >= 11 is 12.7. The van der Waals surface area contributed by atoms with Gasteiger partial charge in [0.1, 0.15) is 11.7 Å². The number of aryl methyl sites for hydroxylation is 1. The number of hydroxylamine groups is 1. The summed E-state index contributed by atoms with van der Waals surface area (Å²) in [5.74, 6) is 0.968. The van der Waals surface area contributed by atoms with Gasteiger partial charge in [-0.2, -0.15) is 4.68 Å². The van der Waals surface area contributed by atoms with Crippen LogP contribution in [0.4, 0.5) is 5.69 Å². The van der Waals surface area contributed by atoms with Gasteiger partial charge in [0.25, 0.3) is 5.56 Å². The molecule has 6 rings (SSSR count). The van der Waals surface area contributed by atoms with Crippen molar-refractivity contribution in [3.8, 4) is 28.2 Å². The number of aromatic nitrogens is 7. The Hall–Kier alpha value is -4.32. The van der Waals surface area contributed by atoms with E-state index in [1.165, 1.54) is 4.68 Å². The quantitative estimate of drug-likeness (QED) is 0.160. The SMILES string of the molecule is CC(=Nc1ccc(-c2nc(Cl)c([C@@H]3CCc4cc(-c5ccccc5-n5nnnc5Cl)cc(=O)n43)[nH]2)cc1)NO. The van der Waals surface area contributed by atoms with Gasteiger partial charge in [0, 0.05) is 22.9 Å². The lowest BCUT2D eigenvalue weighted by Gasteiger charge is -2.15. The molecule has 1 aliphatic rings. The fourth-order valence-electron chi connectivity index (χ4n) is 4.89. The number of hydrogen-bond acceptors (Lipinski definition) is 7. The summed E-state index contributed by atoms with van der Waals surface area (Å²) in [4.78, 5) is 25.5. The van der Waals surface area contributed by atoms with E-state index in [-0.39, 0.29) is 16.9 Å². The third kappa shape index (κ3) is 4.60. The Kier molecular flexibility index (Phi) is 6.47. The van der Waals surface area contributed by atoms with Crippen LogP contribution in [0.2, 0.25) is 10.4 Å². The molecule has 2 aromatic carbocycles. The predicted molar refractivity (Wildman–Crippen MR) is 147 cm³/mol. The number of fused-ring (bicyclic) bond motifs is 1. The van der Waals surface area contributed by atoms with Crippen LogP contribution in [0.1, 0.15) is 30.8 Å². The van der Waals surface area contributed by atoms with Crippen molar-refractivity contribution >= 4 is 34.7 Å². The first-order valence-corrected chi connectivity index (χ1v) is 12.8. The number of amidine groups is 1. The molecular weight excluding hydrogens is 541 g/mol. The second-order valence-electron chi connectivity index (χ2n) is 9.02. The minimum absolute atomic E-state index is 0.129. The van der Waals surface area contributed by atoms with E-state index in [1.807, 2.05) is 60.1 Å². The van der Waals surface area contributed by atoms with Gasteiger partial charge in [0.15, 0.2) is 5.15 Å². The van der Waals surface area contributed by atoms with Crippen LogP contribution >= 0.6 is 23.2 Å². The molecule has 13 heteroatoms. The number of nitrogens with zero attached hydrogens (tertiary/aromatic N) is 7. The molecule has 0 bridgehead atoms. The van der Waals surface area contributed by atoms with E-state index in [1.54, 1.807) is 17.6 Å². The lowest BCUT2D eigenvalue weighted by molar-refractivity contribution is 0.234. The lowest BCUT2D eigenvalue weighted by Crippen LogP contribution is -2.23. The van der Waals surface area contributed by atoms with Crippen LogP contribution in [-0.4, -0.2) is 45.8 Å². The third-order valence-corrected chi connectivity index (χ3v) is 7.15. The van der Waals surface area contributed by atoms with Crippen molar-refractivity contribution in [2.24, 2.45) is 4.99 Å². The van der Waals surface area contributed by atoms with Crippen molar-refractivity contribution in [3.05, 3.63) is 92.8 Å². The second-order valence-corrected chi connectivity index (χ2v) is 9.72. The number of rotatable bonds is 5. The molecule has 0 amide bonds. The first-order chi connectivity index (χ1) is 18.9. The van der Waals surface area contributed by atoms with Crippen molar-refractivity contribution in [2.75, 3.05) is 0 Å². The molecule has 5 aromatic rings. The van der Waals surface area contributed by atoms with Crippen LogP contribution in [-0.2, 0) is 6.42 Å². The largest absolute Gasteiger partial charge is 0.339 e. The molecule has 0 aliphatic carbocycles. The van der Waals surface area contributed by atoms with Crippen LogP contribution in [0.5, 0.6) is 0 Å². The average molecular weight is 562 g/mol. The third-order valence-electron chi connectivity index (χ3n) is 6.63. The molecule has 1 atom stereocenters. The zero-order valence-corrected chi connectivity index (χ0v) is 22.0. The molecule has 39 heavy (non-hydrogen) atoms. The maximum atomic E-state index is 13.5. The van der Waals surface area contributed by atoms with Gasteiger partial charge in [-0.25, -0.2) is 9.98 Å². The maximum Gasteiger partial charge on any atom is 0.251 e. The Morgan fingerprint density at radius 2 is 1.92 bits per heavy atom. The van der Waals surface area contributed by atoms with E-state index >= 15 is 0 Å². The van der Waals surface area contributed by atoms with Crippen molar-refractivity contribution < 1.29 is 5.21 Å². The number of H-pyrrole nitrogens is 1. The number of para-hydroxylation sites is 1. The molecule has 3 N–H and O–H groups in total. The smallest absolute Gasteiger partial charge is 0.251 e. The molecule has 0 saturated heterocycles. The number of aliphatic imine (C=N–C) groups is 1. The number of imidazole rings is 1. The van der Waals surface area contributed by atoms with Gasteiger partial charge in [-0.3, -0.25) is 15.5 Å². The number of pyridine rings is 1. The summed E-state index contributed by atoms with van der Waals surface area (Å²) in [5, 5.41) is 20.8. The Bertz CT molecular complexity index is 1770. The lowest BCUT2D eigenvalue weighted by atomic mass is 10.0. The van der Waals surface area contributed by atoms with Gasteiger partial charge in [-0.1, -0.05) is 34.9 Å². The van der Waals surface area contributed by atoms with Gasteiger partial charge in [-0.15, -0.1) is 0 Å². The van der Waals surface area contributed by atoms with Crippen LogP contribution in [0.15, 0.2) is 70.5 Å².